The van der Waals surface area contributed by atoms with Gasteiger partial charge in [-0.25, -0.2) is 4.79 Å². The Balaban J connectivity index is 2.69. The van der Waals surface area contributed by atoms with Crippen LogP contribution in [0.5, 0.6) is 5.75 Å². The lowest BCUT2D eigenvalue weighted by Crippen LogP contribution is -1.98. The standard InChI is InChI=1S/C8H7N3O3/c1-14-5-2-7-6(8(12)13)4-10-11(7)9-3-5/h2-4H,1H3,(H,12,13). The van der Waals surface area contributed by atoms with E-state index in [4.69, 9.17) is 9.84 Å². The Morgan fingerprint density at radius 1 is 1.50 bits per heavy atom. The lowest BCUT2D eigenvalue weighted by Gasteiger charge is -1.98. The molecule has 14 heavy (non-hydrogen) atoms. The number of carboxylic acids is 1. The highest BCUT2D eigenvalue weighted by Crippen LogP contribution is 2.15. The van der Waals surface area contributed by atoms with E-state index in [1.165, 1.54) is 24.1 Å². The van der Waals surface area contributed by atoms with Crippen LogP contribution in [0.15, 0.2) is 18.5 Å². The second kappa shape index (κ2) is 2.99. The first-order chi connectivity index (χ1) is 6.72. The summed E-state index contributed by atoms with van der Waals surface area (Å²) in [6.45, 7) is 0. The van der Waals surface area contributed by atoms with Crippen LogP contribution < -0.4 is 4.74 Å². The Hall–Kier alpha value is -2.11. The van der Waals surface area contributed by atoms with E-state index in [0.717, 1.165) is 0 Å². The van der Waals surface area contributed by atoms with Gasteiger partial charge in [-0.1, -0.05) is 0 Å². The lowest BCUT2D eigenvalue weighted by atomic mass is 10.3. The first kappa shape index (κ1) is 8.49. The van der Waals surface area contributed by atoms with Crippen LogP contribution in [0.4, 0.5) is 0 Å². The molecule has 0 aliphatic rings. The highest BCUT2D eigenvalue weighted by atomic mass is 16.5. The largest absolute Gasteiger partial charge is 0.495 e. The summed E-state index contributed by atoms with van der Waals surface area (Å²) >= 11 is 0. The van der Waals surface area contributed by atoms with E-state index in [1.807, 2.05) is 0 Å². The Kier molecular flexibility index (Phi) is 1.81. The molecule has 6 nitrogen and oxygen atoms in total. The van der Waals surface area contributed by atoms with Gasteiger partial charge >= 0.3 is 5.97 Å². The Morgan fingerprint density at radius 2 is 2.21 bits per heavy atom. The van der Waals surface area contributed by atoms with Gasteiger partial charge in [0, 0.05) is 6.07 Å². The zero-order valence-corrected chi connectivity index (χ0v) is 7.34. The van der Waals surface area contributed by atoms with Crippen LogP contribution in [-0.2, 0) is 0 Å². The summed E-state index contributed by atoms with van der Waals surface area (Å²) in [5.74, 6) is -0.532. The van der Waals surface area contributed by atoms with Crippen molar-refractivity contribution in [2.75, 3.05) is 7.11 Å². The molecule has 0 bridgehead atoms. The molecule has 0 atom stereocenters. The van der Waals surface area contributed by atoms with Crippen molar-refractivity contribution in [1.82, 2.24) is 14.8 Å². The predicted molar refractivity (Wildman–Crippen MR) is 46.5 cm³/mol. The fraction of sp³-hybridized carbons (Fsp3) is 0.125. The van der Waals surface area contributed by atoms with Crippen molar-refractivity contribution < 1.29 is 14.6 Å². The van der Waals surface area contributed by atoms with E-state index in [9.17, 15) is 4.79 Å². The van der Waals surface area contributed by atoms with Crippen LogP contribution in [0.1, 0.15) is 10.4 Å². The number of methoxy groups -OCH3 is 1. The van der Waals surface area contributed by atoms with Crippen LogP contribution in [0.3, 0.4) is 0 Å². The molecule has 0 spiro atoms. The molecule has 0 fully saturated rings. The van der Waals surface area contributed by atoms with E-state index in [1.54, 1.807) is 6.07 Å². The number of ether oxygens (including phenoxy) is 1. The molecule has 2 aromatic heterocycles. The number of aromatic nitrogens is 3. The maximum absolute atomic E-state index is 10.8. The molecule has 2 aromatic rings. The number of hydrogen-bond acceptors (Lipinski definition) is 4. The summed E-state index contributed by atoms with van der Waals surface area (Å²) in [6, 6.07) is 1.57. The molecule has 6 heteroatoms. The fourth-order valence-electron chi connectivity index (χ4n) is 1.14. The first-order valence-corrected chi connectivity index (χ1v) is 3.83. The molecule has 0 saturated carbocycles. The number of carbonyl (C=O) groups is 1. The SMILES string of the molecule is COc1cnn2ncc(C(=O)O)c2c1. The maximum Gasteiger partial charge on any atom is 0.339 e. The molecule has 0 radical (unpaired) electrons. The van der Waals surface area contributed by atoms with Crippen molar-refractivity contribution in [3.63, 3.8) is 0 Å². The Morgan fingerprint density at radius 3 is 2.86 bits per heavy atom. The summed E-state index contributed by atoms with van der Waals surface area (Å²) in [4.78, 5) is 10.8. The number of aromatic carboxylic acids is 1. The van der Waals surface area contributed by atoms with Crippen molar-refractivity contribution in [3.8, 4) is 5.75 Å². The fourth-order valence-corrected chi connectivity index (χ4v) is 1.14. The average molecular weight is 193 g/mol. The third kappa shape index (κ3) is 1.17. The summed E-state index contributed by atoms with van der Waals surface area (Å²) in [5.41, 5.74) is 0.522. The van der Waals surface area contributed by atoms with Gasteiger partial charge in [-0.05, 0) is 0 Å². The monoisotopic (exact) mass is 193 g/mol. The number of nitrogens with zero attached hydrogens (tertiary/aromatic N) is 3. The van der Waals surface area contributed by atoms with Crippen molar-refractivity contribution in [2.24, 2.45) is 0 Å². The van der Waals surface area contributed by atoms with Crippen molar-refractivity contribution in [1.29, 1.82) is 0 Å². The summed E-state index contributed by atoms with van der Waals surface area (Å²) in [6.07, 6.45) is 2.72. The molecule has 72 valence electrons. The number of hydrogen-bond donors (Lipinski definition) is 1. The normalized spacial score (nSPS) is 10.4. The van der Waals surface area contributed by atoms with Crippen LogP contribution >= 0.6 is 0 Å². The molecular weight excluding hydrogens is 186 g/mol. The van der Waals surface area contributed by atoms with Gasteiger partial charge in [0.05, 0.1) is 19.5 Å². The van der Waals surface area contributed by atoms with Gasteiger partial charge < -0.3 is 9.84 Å². The van der Waals surface area contributed by atoms with Crippen LogP contribution in [0.2, 0.25) is 0 Å². The number of rotatable bonds is 2. The molecular formula is C8H7N3O3. The third-order valence-electron chi connectivity index (χ3n) is 1.83. The molecule has 2 heterocycles. The predicted octanol–water partition coefficient (Wildman–Crippen LogP) is 0.436. The summed E-state index contributed by atoms with van der Waals surface area (Å²) < 4.78 is 6.17. The first-order valence-electron chi connectivity index (χ1n) is 3.83. The van der Waals surface area contributed by atoms with Crippen molar-refractivity contribution in [2.45, 2.75) is 0 Å². The van der Waals surface area contributed by atoms with E-state index < -0.39 is 5.97 Å². The van der Waals surface area contributed by atoms with Crippen LogP contribution in [0, 0.1) is 0 Å². The molecule has 2 rings (SSSR count). The van der Waals surface area contributed by atoms with Crippen LogP contribution in [-0.4, -0.2) is 33.0 Å². The minimum atomic E-state index is -1.03. The van der Waals surface area contributed by atoms with Gasteiger partial charge in [0.1, 0.15) is 16.8 Å². The summed E-state index contributed by atoms with van der Waals surface area (Å²) in [5, 5.41) is 16.5. The maximum atomic E-state index is 10.8. The Labute approximate surface area is 78.7 Å². The van der Waals surface area contributed by atoms with E-state index in [-0.39, 0.29) is 5.56 Å². The molecule has 0 unspecified atom stereocenters. The molecule has 0 aliphatic carbocycles. The lowest BCUT2D eigenvalue weighted by molar-refractivity contribution is 0.0699. The molecule has 0 amide bonds. The minimum absolute atomic E-state index is 0.108. The second-order valence-corrected chi connectivity index (χ2v) is 2.63. The van der Waals surface area contributed by atoms with Gasteiger partial charge in [-0.3, -0.25) is 0 Å². The molecule has 0 aromatic carbocycles. The zero-order chi connectivity index (χ0) is 10.1. The quantitative estimate of drug-likeness (QED) is 0.748. The van der Waals surface area contributed by atoms with E-state index >= 15 is 0 Å². The highest BCUT2D eigenvalue weighted by molar-refractivity contribution is 5.95. The molecule has 0 saturated heterocycles. The van der Waals surface area contributed by atoms with E-state index in [2.05, 4.69) is 10.2 Å². The topological polar surface area (TPSA) is 76.7 Å². The Bertz CT molecular complexity index is 492. The number of carboxylic acid groups (broad SMARTS) is 1. The van der Waals surface area contributed by atoms with Gasteiger partial charge in [0.15, 0.2) is 0 Å². The number of fused-ring (bicyclic) bond motifs is 1. The van der Waals surface area contributed by atoms with Gasteiger partial charge in [-0.2, -0.15) is 14.8 Å². The molecule has 0 aliphatic heterocycles. The van der Waals surface area contributed by atoms with Gasteiger partial charge in [-0.15, -0.1) is 0 Å². The van der Waals surface area contributed by atoms with Crippen LogP contribution in [0.25, 0.3) is 5.52 Å². The highest BCUT2D eigenvalue weighted by Gasteiger charge is 2.12. The average Bonchev–Trinajstić information content (AvgIpc) is 2.59. The smallest absolute Gasteiger partial charge is 0.339 e. The third-order valence-corrected chi connectivity index (χ3v) is 1.83. The van der Waals surface area contributed by atoms with Crippen molar-refractivity contribution in [3.05, 3.63) is 24.0 Å². The molecule has 1 N–H and O–H groups in total. The van der Waals surface area contributed by atoms with Gasteiger partial charge in [0.2, 0.25) is 0 Å². The van der Waals surface area contributed by atoms with Crippen molar-refractivity contribution >= 4 is 11.5 Å². The minimum Gasteiger partial charge on any atom is -0.495 e. The van der Waals surface area contributed by atoms with Gasteiger partial charge in [0.25, 0.3) is 0 Å². The van der Waals surface area contributed by atoms with E-state index in [0.29, 0.717) is 11.3 Å². The second-order valence-electron chi connectivity index (χ2n) is 2.63. The summed E-state index contributed by atoms with van der Waals surface area (Å²) in [7, 11) is 1.49. The zero-order valence-electron chi connectivity index (χ0n) is 7.34.